The molecule has 0 aliphatic carbocycles. The fraction of sp³-hybridized carbons (Fsp3) is 0.312. The number of nitrogens with one attached hydrogen (secondary N) is 1. The predicted molar refractivity (Wildman–Crippen MR) is 76.5 cm³/mol. The summed E-state index contributed by atoms with van der Waals surface area (Å²) in [6, 6.07) is 12.8. The van der Waals surface area contributed by atoms with Crippen molar-refractivity contribution < 1.29 is 0 Å². The van der Waals surface area contributed by atoms with Crippen LogP contribution in [-0.2, 0) is 13.0 Å². The molecule has 0 saturated heterocycles. The minimum Gasteiger partial charge on any atom is -0.381 e. The smallest absolute Gasteiger partial charge is 0.0400 e. The van der Waals surface area contributed by atoms with Crippen LogP contribution in [0.4, 0.5) is 5.69 Å². The summed E-state index contributed by atoms with van der Waals surface area (Å²) < 4.78 is 0. The van der Waals surface area contributed by atoms with Gasteiger partial charge in [0.25, 0.3) is 0 Å². The van der Waals surface area contributed by atoms with Crippen LogP contribution in [0, 0.1) is 5.92 Å². The number of hydrogen-bond acceptors (Lipinski definition) is 2. The first-order valence-corrected chi connectivity index (χ1v) is 6.46. The minimum atomic E-state index is 0.714. The first-order chi connectivity index (χ1) is 8.74. The Kier molecular flexibility index (Phi) is 4.35. The molecule has 0 aliphatic rings. The van der Waals surface area contributed by atoms with Crippen LogP contribution in [0.5, 0.6) is 0 Å². The van der Waals surface area contributed by atoms with Crippen molar-refractivity contribution in [2.75, 3.05) is 5.32 Å². The van der Waals surface area contributed by atoms with E-state index < -0.39 is 0 Å². The standard InChI is InChI=1S/C16H20N2/c1-13(2)11-14-3-5-15(6-4-14)12-18-16-7-9-17-10-8-16/h3-10,13H,11-12H2,1-2H3,(H,17,18). The van der Waals surface area contributed by atoms with Gasteiger partial charge in [-0.2, -0.15) is 0 Å². The van der Waals surface area contributed by atoms with Gasteiger partial charge in [-0.15, -0.1) is 0 Å². The van der Waals surface area contributed by atoms with Gasteiger partial charge in [-0.05, 0) is 35.6 Å². The number of benzene rings is 1. The Balaban J connectivity index is 1.90. The van der Waals surface area contributed by atoms with Crippen molar-refractivity contribution >= 4 is 5.69 Å². The summed E-state index contributed by atoms with van der Waals surface area (Å²) in [5, 5.41) is 3.38. The fourth-order valence-electron chi connectivity index (χ4n) is 1.94. The van der Waals surface area contributed by atoms with Crippen LogP contribution in [-0.4, -0.2) is 4.98 Å². The summed E-state index contributed by atoms with van der Waals surface area (Å²) in [5.41, 5.74) is 3.83. The normalized spacial score (nSPS) is 10.6. The molecule has 0 atom stereocenters. The Bertz CT molecular complexity index is 460. The predicted octanol–water partition coefficient (Wildman–Crippen LogP) is 3.89. The molecule has 0 aliphatic heterocycles. The summed E-state index contributed by atoms with van der Waals surface area (Å²) in [5.74, 6) is 0.714. The summed E-state index contributed by atoms with van der Waals surface area (Å²) in [6.45, 7) is 5.35. The third-order valence-corrected chi connectivity index (χ3v) is 2.84. The maximum Gasteiger partial charge on any atom is 0.0400 e. The van der Waals surface area contributed by atoms with Gasteiger partial charge >= 0.3 is 0 Å². The van der Waals surface area contributed by atoms with Gasteiger partial charge in [0, 0.05) is 24.6 Å². The number of hydrogen-bond donors (Lipinski definition) is 1. The van der Waals surface area contributed by atoms with Crippen LogP contribution in [0.15, 0.2) is 48.8 Å². The zero-order chi connectivity index (χ0) is 12.8. The van der Waals surface area contributed by atoms with Crippen LogP contribution in [0.2, 0.25) is 0 Å². The van der Waals surface area contributed by atoms with Crippen LogP contribution in [0.25, 0.3) is 0 Å². The Morgan fingerprint density at radius 2 is 1.56 bits per heavy atom. The van der Waals surface area contributed by atoms with E-state index in [2.05, 4.69) is 48.4 Å². The second kappa shape index (κ2) is 6.20. The average Bonchev–Trinajstić information content (AvgIpc) is 2.38. The quantitative estimate of drug-likeness (QED) is 0.857. The molecule has 18 heavy (non-hydrogen) atoms. The van der Waals surface area contributed by atoms with Crippen LogP contribution < -0.4 is 5.32 Å². The highest BCUT2D eigenvalue weighted by Crippen LogP contribution is 2.11. The molecule has 1 aromatic carbocycles. The van der Waals surface area contributed by atoms with E-state index in [-0.39, 0.29) is 0 Å². The van der Waals surface area contributed by atoms with Gasteiger partial charge in [-0.1, -0.05) is 38.1 Å². The zero-order valence-electron chi connectivity index (χ0n) is 11.1. The van der Waals surface area contributed by atoms with E-state index in [1.165, 1.54) is 11.1 Å². The van der Waals surface area contributed by atoms with Crippen LogP contribution in [0.3, 0.4) is 0 Å². The van der Waals surface area contributed by atoms with E-state index in [0.29, 0.717) is 5.92 Å². The van der Waals surface area contributed by atoms with Gasteiger partial charge in [0.2, 0.25) is 0 Å². The molecule has 0 spiro atoms. The molecule has 0 saturated carbocycles. The molecule has 1 aromatic heterocycles. The number of anilines is 1. The lowest BCUT2D eigenvalue weighted by Crippen LogP contribution is -2.00. The van der Waals surface area contributed by atoms with E-state index in [9.17, 15) is 0 Å². The van der Waals surface area contributed by atoms with Gasteiger partial charge in [0.05, 0.1) is 0 Å². The monoisotopic (exact) mass is 240 g/mol. The number of aromatic nitrogens is 1. The second-order valence-electron chi connectivity index (χ2n) is 5.00. The third-order valence-electron chi connectivity index (χ3n) is 2.84. The first-order valence-electron chi connectivity index (χ1n) is 6.46. The van der Waals surface area contributed by atoms with Crippen molar-refractivity contribution in [1.29, 1.82) is 0 Å². The Hall–Kier alpha value is -1.83. The Labute approximate surface area is 109 Å². The summed E-state index contributed by atoms with van der Waals surface area (Å²) in [6.07, 6.45) is 4.75. The van der Waals surface area contributed by atoms with Crippen molar-refractivity contribution in [3.63, 3.8) is 0 Å². The second-order valence-corrected chi connectivity index (χ2v) is 5.00. The van der Waals surface area contributed by atoms with Gasteiger partial charge in [-0.3, -0.25) is 4.98 Å². The zero-order valence-corrected chi connectivity index (χ0v) is 11.1. The maximum absolute atomic E-state index is 4.00. The molecule has 2 heteroatoms. The van der Waals surface area contributed by atoms with Gasteiger partial charge in [0.15, 0.2) is 0 Å². The van der Waals surface area contributed by atoms with E-state index in [1.807, 2.05) is 12.1 Å². The van der Waals surface area contributed by atoms with Gasteiger partial charge in [-0.25, -0.2) is 0 Å². The summed E-state index contributed by atoms with van der Waals surface area (Å²) >= 11 is 0. The maximum atomic E-state index is 4.00. The molecule has 1 heterocycles. The Morgan fingerprint density at radius 3 is 2.17 bits per heavy atom. The van der Waals surface area contributed by atoms with Crippen molar-refractivity contribution in [2.45, 2.75) is 26.8 Å². The van der Waals surface area contributed by atoms with Crippen LogP contribution in [0.1, 0.15) is 25.0 Å². The molecule has 1 N–H and O–H groups in total. The molecule has 2 aromatic rings. The highest BCUT2D eigenvalue weighted by Gasteiger charge is 1.98. The van der Waals surface area contributed by atoms with Gasteiger partial charge in [0.1, 0.15) is 0 Å². The highest BCUT2D eigenvalue weighted by atomic mass is 14.9. The lowest BCUT2D eigenvalue weighted by atomic mass is 10.0. The van der Waals surface area contributed by atoms with E-state index in [0.717, 1.165) is 18.7 Å². The average molecular weight is 240 g/mol. The summed E-state index contributed by atoms with van der Waals surface area (Å²) in [7, 11) is 0. The molecule has 0 fully saturated rings. The number of pyridine rings is 1. The molecule has 0 bridgehead atoms. The minimum absolute atomic E-state index is 0.714. The lowest BCUT2D eigenvalue weighted by molar-refractivity contribution is 0.647. The molecule has 2 nitrogen and oxygen atoms in total. The van der Waals surface area contributed by atoms with E-state index >= 15 is 0 Å². The highest BCUT2D eigenvalue weighted by molar-refractivity contribution is 5.41. The number of nitrogens with zero attached hydrogens (tertiary/aromatic N) is 1. The molecular formula is C16H20N2. The molecule has 0 unspecified atom stereocenters. The third kappa shape index (κ3) is 3.88. The van der Waals surface area contributed by atoms with E-state index in [4.69, 9.17) is 0 Å². The van der Waals surface area contributed by atoms with Crippen molar-refractivity contribution in [3.8, 4) is 0 Å². The molecular weight excluding hydrogens is 220 g/mol. The van der Waals surface area contributed by atoms with Crippen molar-refractivity contribution in [1.82, 2.24) is 4.98 Å². The molecule has 94 valence electrons. The molecule has 0 radical (unpaired) electrons. The van der Waals surface area contributed by atoms with E-state index in [1.54, 1.807) is 12.4 Å². The largest absolute Gasteiger partial charge is 0.381 e. The SMILES string of the molecule is CC(C)Cc1ccc(CNc2ccncc2)cc1. The molecule has 2 rings (SSSR count). The topological polar surface area (TPSA) is 24.9 Å². The lowest BCUT2D eigenvalue weighted by Gasteiger charge is -2.08. The fourth-order valence-corrected chi connectivity index (χ4v) is 1.94. The number of rotatable bonds is 5. The summed E-state index contributed by atoms with van der Waals surface area (Å²) in [4.78, 5) is 4.00. The van der Waals surface area contributed by atoms with Crippen molar-refractivity contribution in [3.05, 3.63) is 59.9 Å². The van der Waals surface area contributed by atoms with Crippen molar-refractivity contribution in [2.24, 2.45) is 5.92 Å². The first kappa shape index (κ1) is 12.6. The molecule has 0 amide bonds. The van der Waals surface area contributed by atoms with Gasteiger partial charge < -0.3 is 5.32 Å². The Morgan fingerprint density at radius 1 is 0.944 bits per heavy atom. The van der Waals surface area contributed by atoms with Crippen LogP contribution >= 0.6 is 0 Å².